The summed E-state index contributed by atoms with van der Waals surface area (Å²) in [5, 5.41) is 2.83. The number of pyridine rings is 1. The van der Waals surface area contributed by atoms with E-state index in [1.165, 1.54) is 4.57 Å². The maximum Gasteiger partial charge on any atom is 0.268 e. The predicted octanol–water partition coefficient (Wildman–Crippen LogP) is 4.55. The second kappa shape index (κ2) is 7.41. The predicted molar refractivity (Wildman–Crippen MR) is 118 cm³/mol. The Labute approximate surface area is 175 Å². The summed E-state index contributed by atoms with van der Waals surface area (Å²) >= 11 is 0. The van der Waals surface area contributed by atoms with Gasteiger partial charge in [-0.3, -0.25) is 19.0 Å². The molecule has 0 aliphatic heterocycles. The normalized spacial score (nSPS) is 14.8. The first-order valence-corrected chi connectivity index (χ1v) is 10.0. The fraction of sp³-hybridized carbons (Fsp3) is 0.240. The maximum absolute atomic E-state index is 13.4. The van der Waals surface area contributed by atoms with Gasteiger partial charge in [0.05, 0.1) is 0 Å². The number of ketones is 1. The van der Waals surface area contributed by atoms with Crippen LogP contribution in [-0.4, -0.2) is 16.3 Å². The summed E-state index contributed by atoms with van der Waals surface area (Å²) in [6, 6.07) is 16.4. The Morgan fingerprint density at radius 3 is 2.30 bits per heavy atom. The molecule has 0 spiro atoms. The van der Waals surface area contributed by atoms with Gasteiger partial charge in [0, 0.05) is 29.6 Å². The zero-order chi connectivity index (χ0) is 21.5. The fourth-order valence-electron chi connectivity index (χ4n) is 3.99. The van der Waals surface area contributed by atoms with E-state index in [-0.39, 0.29) is 16.8 Å². The summed E-state index contributed by atoms with van der Waals surface area (Å²) in [7, 11) is 0. The number of aryl methyl sites for hydroxylation is 1. The Morgan fingerprint density at radius 2 is 1.63 bits per heavy atom. The van der Waals surface area contributed by atoms with Crippen molar-refractivity contribution in [1.29, 1.82) is 0 Å². The Hall–Kier alpha value is -3.47. The molecule has 5 nitrogen and oxygen atoms in total. The number of amides is 1. The molecule has 1 heterocycles. The summed E-state index contributed by atoms with van der Waals surface area (Å²) in [4.78, 5) is 39.6. The summed E-state index contributed by atoms with van der Waals surface area (Å²) in [5.74, 6) is -0.536. The molecule has 1 amide bonds. The number of rotatable bonds is 3. The third-order valence-corrected chi connectivity index (χ3v) is 5.48. The van der Waals surface area contributed by atoms with Crippen LogP contribution in [0, 0.1) is 12.3 Å². The van der Waals surface area contributed by atoms with Crippen molar-refractivity contribution < 1.29 is 9.59 Å². The second-order valence-corrected chi connectivity index (χ2v) is 8.67. The molecule has 5 heteroatoms. The number of aromatic nitrogens is 1. The van der Waals surface area contributed by atoms with Crippen LogP contribution in [0.25, 0.3) is 5.69 Å². The van der Waals surface area contributed by atoms with E-state index in [1.807, 2.05) is 51.1 Å². The van der Waals surface area contributed by atoms with Gasteiger partial charge in [0.1, 0.15) is 5.56 Å². The minimum Gasteiger partial charge on any atom is -0.322 e. The molecule has 1 aromatic heterocycles. The molecule has 152 valence electrons. The average molecular weight is 400 g/mol. The van der Waals surface area contributed by atoms with Gasteiger partial charge in [-0.2, -0.15) is 0 Å². The van der Waals surface area contributed by atoms with Crippen LogP contribution in [0.15, 0.2) is 65.6 Å². The standard InChI is InChI=1S/C25H24N2O3/c1-16-9-11-17(12-10-16)26-23(29)22-19-13-25(2,3)14-21(28)20(19)15-27(24(22)30)18-7-5-4-6-8-18/h4-12,15H,13-14H2,1-3H3,(H,26,29). The van der Waals surface area contributed by atoms with Crippen molar-refractivity contribution in [3.05, 3.63) is 93.4 Å². The van der Waals surface area contributed by atoms with Gasteiger partial charge in [-0.1, -0.05) is 49.7 Å². The molecule has 4 rings (SSSR count). The molecular formula is C25H24N2O3. The number of carbonyl (C=O) groups excluding carboxylic acids is 2. The highest BCUT2D eigenvalue weighted by Crippen LogP contribution is 2.36. The molecule has 3 aromatic rings. The van der Waals surface area contributed by atoms with E-state index in [0.29, 0.717) is 35.3 Å². The van der Waals surface area contributed by atoms with Crippen molar-refractivity contribution in [3.8, 4) is 5.69 Å². The number of nitrogens with one attached hydrogen (secondary N) is 1. The van der Waals surface area contributed by atoms with E-state index in [4.69, 9.17) is 0 Å². The molecular weight excluding hydrogens is 376 g/mol. The monoisotopic (exact) mass is 400 g/mol. The molecule has 0 saturated heterocycles. The SMILES string of the molecule is Cc1ccc(NC(=O)c2c3c(cn(-c4ccccc4)c2=O)C(=O)CC(C)(C)C3)cc1. The van der Waals surface area contributed by atoms with E-state index < -0.39 is 11.5 Å². The van der Waals surface area contributed by atoms with E-state index in [2.05, 4.69) is 5.32 Å². The van der Waals surface area contributed by atoms with Crippen LogP contribution < -0.4 is 10.9 Å². The van der Waals surface area contributed by atoms with Crippen molar-refractivity contribution in [3.63, 3.8) is 0 Å². The molecule has 0 saturated carbocycles. The van der Waals surface area contributed by atoms with Crippen molar-refractivity contribution in [2.24, 2.45) is 5.41 Å². The van der Waals surface area contributed by atoms with Crippen molar-refractivity contribution in [1.82, 2.24) is 4.57 Å². The summed E-state index contributed by atoms with van der Waals surface area (Å²) in [5.41, 5.74) is 2.60. The van der Waals surface area contributed by atoms with E-state index in [1.54, 1.807) is 30.5 Å². The van der Waals surface area contributed by atoms with Crippen molar-refractivity contribution >= 4 is 17.4 Å². The van der Waals surface area contributed by atoms with Crippen molar-refractivity contribution in [2.45, 2.75) is 33.6 Å². The van der Waals surface area contributed by atoms with Gasteiger partial charge in [-0.15, -0.1) is 0 Å². The molecule has 1 aliphatic rings. The lowest BCUT2D eigenvalue weighted by atomic mass is 9.73. The zero-order valence-electron chi connectivity index (χ0n) is 17.4. The van der Waals surface area contributed by atoms with Gasteiger partial charge in [-0.25, -0.2) is 0 Å². The van der Waals surface area contributed by atoms with Crippen LogP contribution in [0.1, 0.15) is 52.1 Å². The number of carbonyl (C=O) groups is 2. The first-order chi connectivity index (χ1) is 14.2. The maximum atomic E-state index is 13.4. The largest absolute Gasteiger partial charge is 0.322 e. The number of nitrogens with zero attached hydrogens (tertiary/aromatic N) is 1. The summed E-state index contributed by atoms with van der Waals surface area (Å²) < 4.78 is 1.40. The molecule has 0 atom stereocenters. The first kappa shape index (κ1) is 19.8. The zero-order valence-corrected chi connectivity index (χ0v) is 17.4. The van der Waals surface area contributed by atoms with Gasteiger partial charge in [-0.05, 0) is 48.6 Å². The molecule has 30 heavy (non-hydrogen) atoms. The van der Waals surface area contributed by atoms with Gasteiger partial charge < -0.3 is 5.32 Å². The number of Topliss-reactive ketones (excluding diaryl/α,β-unsaturated/α-hetero) is 1. The Morgan fingerprint density at radius 1 is 0.967 bits per heavy atom. The first-order valence-electron chi connectivity index (χ1n) is 10.0. The fourth-order valence-corrected chi connectivity index (χ4v) is 3.99. The Bertz CT molecular complexity index is 1190. The highest BCUT2D eigenvalue weighted by Gasteiger charge is 2.36. The van der Waals surface area contributed by atoms with Crippen molar-refractivity contribution in [2.75, 3.05) is 5.32 Å². The van der Waals surface area contributed by atoms with Gasteiger partial charge in [0.25, 0.3) is 11.5 Å². The van der Waals surface area contributed by atoms with E-state index >= 15 is 0 Å². The average Bonchev–Trinajstić information content (AvgIpc) is 2.69. The van der Waals surface area contributed by atoms with E-state index in [9.17, 15) is 14.4 Å². The number of para-hydroxylation sites is 1. The van der Waals surface area contributed by atoms with Gasteiger partial charge in [0.15, 0.2) is 5.78 Å². The lowest BCUT2D eigenvalue weighted by Crippen LogP contribution is -2.37. The summed E-state index contributed by atoms with van der Waals surface area (Å²) in [6.07, 6.45) is 2.47. The summed E-state index contributed by atoms with van der Waals surface area (Å²) in [6.45, 7) is 5.93. The number of hydrogen-bond donors (Lipinski definition) is 1. The number of hydrogen-bond acceptors (Lipinski definition) is 3. The molecule has 0 bridgehead atoms. The minimum atomic E-state index is -0.490. The minimum absolute atomic E-state index is 0.0399. The lowest BCUT2D eigenvalue weighted by Gasteiger charge is -2.31. The topological polar surface area (TPSA) is 68.2 Å². The molecule has 2 aromatic carbocycles. The highest BCUT2D eigenvalue weighted by molar-refractivity contribution is 6.08. The lowest BCUT2D eigenvalue weighted by molar-refractivity contribution is 0.0910. The number of anilines is 1. The molecule has 0 unspecified atom stereocenters. The van der Waals surface area contributed by atoms with Gasteiger partial charge >= 0.3 is 0 Å². The molecule has 0 fully saturated rings. The van der Waals surface area contributed by atoms with Crippen LogP contribution in [0.3, 0.4) is 0 Å². The Kier molecular flexibility index (Phi) is 4.90. The van der Waals surface area contributed by atoms with Crippen LogP contribution in [-0.2, 0) is 6.42 Å². The van der Waals surface area contributed by atoms with Gasteiger partial charge in [0.2, 0.25) is 0 Å². The van der Waals surface area contributed by atoms with Crippen LogP contribution >= 0.6 is 0 Å². The highest BCUT2D eigenvalue weighted by atomic mass is 16.2. The van der Waals surface area contributed by atoms with Crippen LogP contribution in [0.2, 0.25) is 0 Å². The number of benzene rings is 2. The molecule has 1 aliphatic carbocycles. The third kappa shape index (κ3) is 3.71. The van der Waals surface area contributed by atoms with E-state index in [0.717, 1.165) is 5.56 Å². The molecule has 1 N–H and O–H groups in total. The second-order valence-electron chi connectivity index (χ2n) is 8.67. The smallest absolute Gasteiger partial charge is 0.268 e. The van der Waals surface area contributed by atoms with Crippen LogP contribution in [0.4, 0.5) is 5.69 Å². The molecule has 0 radical (unpaired) electrons. The third-order valence-electron chi connectivity index (χ3n) is 5.48. The Balaban J connectivity index is 1.90. The van der Waals surface area contributed by atoms with Crippen LogP contribution in [0.5, 0.6) is 0 Å². The number of fused-ring (bicyclic) bond motifs is 1. The quantitative estimate of drug-likeness (QED) is 0.701.